The van der Waals surface area contributed by atoms with Crippen molar-refractivity contribution in [3.05, 3.63) is 58.1 Å². The molecule has 128 valence electrons. The zero-order valence-electron chi connectivity index (χ0n) is 15.3. The van der Waals surface area contributed by atoms with Gasteiger partial charge in [0.15, 0.2) is 0 Å². The molecule has 2 aromatic carbocycles. The van der Waals surface area contributed by atoms with Gasteiger partial charge in [0.05, 0.1) is 0 Å². The number of benzene rings is 2. The highest BCUT2D eigenvalue weighted by atomic mass is 16.5. The second kappa shape index (κ2) is 8.00. The summed E-state index contributed by atoms with van der Waals surface area (Å²) in [6.45, 7) is 10.7. The summed E-state index contributed by atoms with van der Waals surface area (Å²) >= 11 is 0. The Morgan fingerprint density at radius 1 is 1.04 bits per heavy atom. The van der Waals surface area contributed by atoms with Crippen molar-refractivity contribution in [2.24, 2.45) is 0 Å². The summed E-state index contributed by atoms with van der Waals surface area (Å²) in [7, 11) is 0. The fraction of sp³-hybridized carbons (Fsp3) is 0.381. The molecule has 1 amide bonds. The largest absolute Gasteiger partial charge is 0.489 e. The molecule has 0 aliphatic heterocycles. The molecule has 0 radical (unpaired) electrons. The fourth-order valence-corrected chi connectivity index (χ4v) is 2.66. The first-order valence-electron chi connectivity index (χ1n) is 8.57. The summed E-state index contributed by atoms with van der Waals surface area (Å²) in [5.41, 5.74) is 6.71. The van der Waals surface area contributed by atoms with Crippen LogP contribution in [0.25, 0.3) is 0 Å². The zero-order chi connectivity index (χ0) is 17.7. The molecule has 0 fully saturated rings. The minimum Gasteiger partial charge on any atom is -0.489 e. The number of hydrogen-bond acceptors (Lipinski definition) is 2. The van der Waals surface area contributed by atoms with E-state index in [1.165, 1.54) is 16.7 Å². The normalized spacial score (nSPS) is 10.5. The van der Waals surface area contributed by atoms with Gasteiger partial charge in [0, 0.05) is 17.7 Å². The second-order valence-corrected chi connectivity index (χ2v) is 6.19. The van der Waals surface area contributed by atoms with Gasteiger partial charge in [0.1, 0.15) is 12.4 Å². The molecule has 0 spiro atoms. The molecule has 0 unspecified atom stereocenters. The van der Waals surface area contributed by atoms with Crippen molar-refractivity contribution in [1.29, 1.82) is 0 Å². The highest BCUT2D eigenvalue weighted by Crippen LogP contribution is 2.27. The Morgan fingerprint density at radius 2 is 1.75 bits per heavy atom. The fourth-order valence-electron chi connectivity index (χ4n) is 2.66. The standard InChI is InChI=1S/C21H27NO2/c1-6-17-11-15(4)16(5)12-20(17)24-13-18-14(3)9-8-10-19(18)22-21(23)7-2/h8-12H,6-7,13H2,1-5H3,(H,22,23). The van der Waals surface area contributed by atoms with E-state index in [-0.39, 0.29) is 5.91 Å². The molecule has 0 aliphatic carbocycles. The molecule has 0 atom stereocenters. The minimum absolute atomic E-state index is 0.0160. The number of nitrogens with one attached hydrogen (secondary N) is 1. The van der Waals surface area contributed by atoms with Crippen molar-refractivity contribution >= 4 is 11.6 Å². The lowest BCUT2D eigenvalue weighted by Gasteiger charge is -2.17. The third-order valence-electron chi connectivity index (χ3n) is 4.44. The van der Waals surface area contributed by atoms with Crippen LogP contribution in [-0.4, -0.2) is 5.91 Å². The minimum atomic E-state index is 0.0160. The summed E-state index contributed by atoms with van der Waals surface area (Å²) in [4.78, 5) is 11.7. The molecular weight excluding hydrogens is 298 g/mol. The number of carbonyl (C=O) groups is 1. The Hall–Kier alpha value is -2.29. The van der Waals surface area contributed by atoms with Crippen LogP contribution in [0.3, 0.4) is 0 Å². The number of amides is 1. The first kappa shape index (κ1) is 18.1. The van der Waals surface area contributed by atoms with Crippen LogP contribution in [0.2, 0.25) is 0 Å². The molecular formula is C21H27NO2. The van der Waals surface area contributed by atoms with Crippen LogP contribution in [0.1, 0.15) is 48.1 Å². The Bertz CT molecular complexity index is 735. The molecule has 0 saturated carbocycles. The molecule has 0 aliphatic rings. The van der Waals surface area contributed by atoms with Gasteiger partial charge in [-0.05, 0) is 61.6 Å². The second-order valence-electron chi connectivity index (χ2n) is 6.19. The molecule has 0 aromatic heterocycles. The van der Waals surface area contributed by atoms with Crippen LogP contribution in [0.15, 0.2) is 30.3 Å². The van der Waals surface area contributed by atoms with E-state index in [9.17, 15) is 4.79 Å². The van der Waals surface area contributed by atoms with E-state index in [2.05, 4.69) is 38.2 Å². The molecule has 2 rings (SSSR count). The summed E-state index contributed by atoms with van der Waals surface area (Å²) in [6, 6.07) is 10.2. The molecule has 1 N–H and O–H groups in total. The van der Waals surface area contributed by atoms with E-state index >= 15 is 0 Å². The van der Waals surface area contributed by atoms with Crippen LogP contribution < -0.4 is 10.1 Å². The Balaban J connectivity index is 2.26. The highest BCUT2D eigenvalue weighted by molar-refractivity contribution is 5.91. The van der Waals surface area contributed by atoms with Crippen LogP contribution in [0.4, 0.5) is 5.69 Å². The topological polar surface area (TPSA) is 38.3 Å². The Morgan fingerprint density at radius 3 is 2.42 bits per heavy atom. The smallest absolute Gasteiger partial charge is 0.224 e. The average Bonchev–Trinajstić information content (AvgIpc) is 2.56. The quantitative estimate of drug-likeness (QED) is 0.802. The van der Waals surface area contributed by atoms with Crippen LogP contribution in [0, 0.1) is 20.8 Å². The van der Waals surface area contributed by atoms with Crippen molar-refractivity contribution in [2.75, 3.05) is 5.32 Å². The van der Waals surface area contributed by atoms with Gasteiger partial charge in [-0.3, -0.25) is 4.79 Å². The van der Waals surface area contributed by atoms with E-state index < -0.39 is 0 Å². The third-order valence-corrected chi connectivity index (χ3v) is 4.44. The zero-order valence-corrected chi connectivity index (χ0v) is 15.3. The molecule has 3 heteroatoms. The predicted octanol–water partition coefficient (Wildman–Crippen LogP) is 5.10. The van der Waals surface area contributed by atoms with Crippen molar-refractivity contribution < 1.29 is 9.53 Å². The van der Waals surface area contributed by atoms with Crippen molar-refractivity contribution in [3.63, 3.8) is 0 Å². The first-order valence-corrected chi connectivity index (χ1v) is 8.57. The van der Waals surface area contributed by atoms with Gasteiger partial charge in [0.2, 0.25) is 5.91 Å². The number of rotatable bonds is 6. The lowest BCUT2D eigenvalue weighted by molar-refractivity contribution is -0.115. The third kappa shape index (κ3) is 4.16. The lowest BCUT2D eigenvalue weighted by atomic mass is 10.0. The van der Waals surface area contributed by atoms with Crippen LogP contribution >= 0.6 is 0 Å². The number of anilines is 1. The van der Waals surface area contributed by atoms with Crippen LogP contribution in [0.5, 0.6) is 5.75 Å². The average molecular weight is 325 g/mol. The van der Waals surface area contributed by atoms with E-state index in [0.717, 1.165) is 29.0 Å². The van der Waals surface area contributed by atoms with Gasteiger partial charge >= 0.3 is 0 Å². The molecule has 0 saturated heterocycles. The van der Waals surface area contributed by atoms with E-state index in [4.69, 9.17) is 4.74 Å². The number of carbonyl (C=O) groups excluding carboxylic acids is 1. The maximum Gasteiger partial charge on any atom is 0.224 e. The lowest BCUT2D eigenvalue weighted by Crippen LogP contribution is -2.13. The van der Waals surface area contributed by atoms with Crippen molar-refractivity contribution in [3.8, 4) is 5.75 Å². The summed E-state index contributed by atoms with van der Waals surface area (Å²) in [5.74, 6) is 0.943. The maximum atomic E-state index is 11.7. The van der Waals surface area contributed by atoms with Gasteiger partial charge in [-0.15, -0.1) is 0 Å². The van der Waals surface area contributed by atoms with Crippen molar-refractivity contribution in [2.45, 2.75) is 54.1 Å². The summed E-state index contributed by atoms with van der Waals surface area (Å²) < 4.78 is 6.14. The Kier molecular flexibility index (Phi) is 6.02. The van der Waals surface area contributed by atoms with Gasteiger partial charge in [-0.1, -0.05) is 32.0 Å². The first-order chi connectivity index (χ1) is 11.5. The monoisotopic (exact) mass is 325 g/mol. The van der Waals surface area contributed by atoms with Gasteiger partial charge in [0.25, 0.3) is 0 Å². The summed E-state index contributed by atoms with van der Waals surface area (Å²) in [6.07, 6.45) is 1.40. The number of aryl methyl sites for hydroxylation is 4. The molecule has 2 aromatic rings. The number of hydrogen-bond donors (Lipinski definition) is 1. The molecule has 24 heavy (non-hydrogen) atoms. The van der Waals surface area contributed by atoms with E-state index in [1.807, 2.05) is 32.0 Å². The molecule has 3 nitrogen and oxygen atoms in total. The predicted molar refractivity (Wildman–Crippen MR) is 99.7 cm³/mol. The SMILES string of the molecule is CCC(=O)Nc1cccc(C)c1COc1cc(C)c(C)cc1CC. The molecule has 0 heterocycles. The highest BCUT2D eigenvalue weighted by Gasteiger charge is 2.11. The van der Waals surface area contributed by atoms with E-state index in [1.54, 1.807) is 0 Å². The number of ether oxygens (including phenoxy) is 1. The van der Waals surface area contributed by atoms with E-state index in [0.29, 0.717) is 13.0 Å². The maximum absolute atomic E-state index is 11.7. The van der Waals surface area contributed by atoms with Crippen molar-refractivity contribution in [1.82, 2.24) is 0 Å². The molecule has 0 bridgehead atoms. The van der Waals surface area contributed by atoms with Gasteiger partial charge in [-0.25, -0.2) is 0 Å². The van der Waals surface area contributed by atoms with Crippen LogP contribution in [-0.2, 0) is 17.8 Å². The summed E-state index contributed by atoms with van der Waals surface area (Å²) in [5, 5.41) is 2.97. The van der Waals surface area contributed by atoms with Gasteiger partial charge in [-0.2, -0.15) is 0 Å². The Labute approximate surface area is 145 Å². The van der Waals surface area contributed by atoms with Gasteiger partial charge < -0.3 is 10.1 Å².